The van der Waals surface area contributed by atoms with E-state index >= 15 is 0 Å². The zero-order valence-electron chi connectivity index (χ0n) is 12.6. The predicted molar refractivity (Wildman–Crippen MR) is 81.1 cm³/mol. The molecule has 1 aliphatic carbocycles. The van der Waals surface area contributed by atoms with Crippen LogP contribution in [0.25, 0.3) is 0 Å². The van der Waals surface area contributed by atoms with Gasteiger partial charge in [-0.2, -0.15) is 0 Å². The highest BCUT2D eigenvalue weighted by molar-refractivity contribution is 5.67. The summed E-state index contributed by atoms with van der Waals surface area (Å²) in [6, 6.07) is 0. The van der Waals surface area contributed by atoms with E-state index in [9.17, 15) is 4.79 Å². The van der Waals surface area contributed by atoms with Crippen LogP contribution in [0.15, 0.2) is 24.3 Å². The van der Waals surface area contributed by atoms with Gasteiger partial charge in [0.25, 0.3) is 0 Å². The van der Waals surface area contributed by atoms with Crippen LogP contribution in [-0.2, 0) is 19.0 Å². The van der Waals surface area contributed by atoms with Gasteiger partial charge in [0.15, 0.2) is 5.79 Å². The smallest absolute Gasteiger partial charge is 0.329 e. The number of carbonyl (C=O) groups is 1. The van der Waals surface area contributed by atoms with Crippen LogP contribution in [-0.4, -0.2) is 42.3 Å². The number of ether oxygens (including phenoxy) is 3. The molecule has 0 amide bonds. The van der Waals surface area contributed by atoms with Crippen LogP contribution in [0.1, 0.15) is 32.1 Å². The SMILES string of the molecule is C#CC=CC=C[C@H]1OC2(CCCCC2)OC1COCC(=O)O. The Morgan fingerprint density at radius 2 is 2.09 bits per heavy atom. The van der Waals surface area contributed by atoms with E-state index in [1.807, 2.05) is 12.2 Å². The van der Waals surface area contributed by atoms with Crippen molar-refractivity contribution in [2.24, 2.45) is 0 Å². The van der Waals surface area contributed by atoms with Gasteiger partial charge in [0.2, 0.25) is 0 Å². The Bertz CT molecular complexity index is 468. The van der Waals surface area contributed by atoms with Gasteiger partial charge >= 0.3 is 5.97 Å². The largest absolute Gasteiger partial charge is 0.480 e. The summed E-state index contributed by atoms with van der Waals surface area (Å²) >= 11 is 0. The van der Waals surface area contributed by atoms with Crippen molar-refractivity contribution in [3.8, 4) is 12.3 Å². The second-order valence-corrected chi connectivity index (χ2v) is 5.53. The summed E-state index contributed by atoms with van der Waals surface area (Å²) in [6.07, 6.45) is 16.7. The summed E-state index contributed by atoms with van der Waals surface area (Å²) < 4.78 is 17.4. The fraction of sp³-hybridized carbons (Fsp3) is 0.588. The molecule has 1 saturated carbocycles. The molecule has 0 aromatic carbocycles. The molecule has 1 spiro atoms. The second kappa shape index (κ2) is 8.14. The van der Waals surface area contributed by atoms with Crippen LogP contribution in [0.2, 0.25) is 0 Å². The Balaban J connectivity index is 1.98. The molecule has 120 valence electrons. The average Bonchev–Trinajstić information content (AvgIpc) is 2.81. The molecule has 0 radical (unpaired) electrons. The number of hydrogen-bond donors (Lipinski definition) is 1. The van der Waals surface area contributed by atoms with Crippen molar-refractivity contribution < 1.29 is 24.1 Å². The molecule has 1 N–H and O–H groups in total. The van der Waals surface area contributed by atoms with E-state index in [1.165, 1.54) is 6.42 Å². The highest BCUT2D eigenvalue weighted by atomic mass is 16.8. The fourth-order valence-corrected chi connectivity index (χ4v) is 2.86. The van der Waals surface area contributed by atoms with Gasteiger partial charge in [-0.3, -0.25) is 0 Å². The van der Waals surface area contributed by atoms with Gasteiger partial charge in [-0.15, -0.1) is 6.42 Å². The summed E-state index contributed by atoms with van der Waals surface area (Å²) in [5, 5.41) is 8.66. The van der Waals surface area contributed by atoms with Crippen LogP contribution in [0, 0.1) is 12.3 Å². The first kappa shape index (κ1) is 16.8. The van der Waals surface area contributed by atoms with Crippen LogP contribution in [0.3, 0.4) is 0 Å². The highest BCUT2D eigenvalue weighted by Crippen LogP contribution is 2.40. The highest BCUT2D eigenvalue weighted by Gasteiger charge is 2.47. The number of aliphatic carboxylic acids is 1. The molecule has 0 bridgehead atoms. The molecule has 2 fully saturated rings. The average molecular weight is 306 g/mol. The van der Waals surface area contributed by atoms with E-state index in [4.69, 9.17) is 25.7 Å². The second-order valence-electron chi connectivity index (χ2n) is 5.53. The summed E-state index contributed by atoms with van der Waals surface area (Å²) in [6.45, 7) is -0.137. The van der Waals surface area contributed by atoms with Gasteiger partial charge in [-0.25, -0.2) is 4.79 Å². The number of allylic oxidation sites excluding steroid dienone is 3. The monoisotopic (exact) mass is 306 g/mol. The maximum Gasteiger partial charge on any atom is 0.329 e. The topological polar surface area (TPSA) is 65.0 Å². The maximum absolute atomic E-state index is 10.6. The van der Waals surface area contributed by atoms with E-state index in [0.717, 1.165) is 25.7 Å². The van der Waals surface area contributed by atoms with Gasteiger partial charge in [0.1, 0.15) is 18.8 Å². The fourth-order valence-electron chi connectivity index (χ4n) is 2.86. The number of terminal acetylenes is 1. The quantitative estimate of drug-likeness (QED) is 0.602. The molecular weight excluding hydrogens is 284 g/mol. The minimum Gasteiger partial charge on any atom is -0.480 e. The minimum absolute atomic E-state index is 0.196. The first-order valence-corrected chi connectivity index (χ1v) is 7.60. The molecule has 1 saturated heterocycles. The molecule has 5 nitrogen and oxygen atoms in total. The molecule has 0 aromatic rings. The molecule has 5 heteroatoms. The van der Waals surface area contributed by atoms with Gasteiger partial charge in [0, 0.05) is 12.8 Å². The minimum atomic E-state index is -0.990. The normalized spacial score (nSPS) is 27.6. The Morgan fingerprint density at radius 1 is 1.32 bits per heavy atom. The Morgan fingerprint density at radius 3 is 2.77 bits per heavy atom. The van der Waals surface area contributed by atoms with Crippen molar-refractivity contribution in [3.05, 3.63) is 24.3 Å². The van der Waals surface area contributed by atoms with Crippen molar-refractivity contribution in [1.82, 2.24) is 0 Å². The number of carboxylic acid groups (broad SMARTS) is 1. The third kappa shape index (κ3) is 4.70. The molecule has 0 aromatic heterocycles. The van der Waals surface area contributed by atoms with E-state index < -0.39 is 11.8 Å². The molecule has 1 aliphatic heterocycles. The molecule has 2 atom stereocenters. The lowest BCUT2D eigenvalue weighted by Crippen LogP contribution is -2.34. The Labute approximate surface area is 130 Å². The molecule has 22 heavy (non-hydrogen) atoms. The van der Waals surface area contributed by atoms with Crippen LogP contribution in [0.4, 0.5) is 0 Å². The van der Waals surface area contributed by atoms with Gasteiger partial charge in [-0.05, 0) is 18.9 Å². The van der Waals surface area contributed by atoms with Gasteiger partial charge < -0.3 is 19.3 Å². The van der Waals surface area contributed by atoms with E-state index in [-0.39, 0.29) is 25.4 Å². The van der Waals surface area contributed by atoms with Crippen LogP contribution in [0.5, 0.6) is 0 Å². The number of hydrogen-bond acceptors (Lipinski definition) is 4. The summed E-state index contributed by atoms with van der Waals surface area (Å²) in [5.74, 6) is 0.882. The van der Waals surface area contributed by atoms with E-state index in [2.05, 4.69) is 5.92 Å². The lowest BCUT2D eigenvalue weighted by molar-refractivity contribution is -0.195. The zero-order chi connectivity index (χ0) is 15.8. The third-order valence-corrected chi connectivity index (χ3v) is 3.81. The first-order chi connectivity index (χ1) is 10.7. The summed E-state index contributed by atoms with van der Waals surface area (Å²) in [5.41, 5.74) is 0. The number of rotatable bonds is 6. The van der Waals surface area contributed by atoms with Crippen molar-refractivity contribution in [2.45, 2.75) is 50.1 Å². The molecular formula is C17H22O5. The van der Waals surface area contributed by atoms with Crippen molar-refractivity contribution in [2.75, 3.05) is 13.2 Å². The van der Waals surface area contributed by atoms with Crippen molar-refractivity contribution >= 4 is 5.97 Å². The predicted octanol–water partition coefficient (Wildman–Crippen LogP) is 2.28. The molecule has 1 unspecified atom stereocenters. The van der Waals surface area contributed by atoms with Crippen molar-refractivity contribution in [1.29, 1.82) is 0 Å². The summed E-state index contributed by atoms with van der Waals surface area (Å²) in [4.78, 5) is 10.6. The lowest BCUT2D eigenvalue weighted by Gasteiger charge is -2.31. The maximum atomic E-state index is 10.6. The van der Waals surface area contributed by atoms with E-state index in [0.29, 0.717) is 0 Å². The molecule has 2 aliphatic rings. The number of carboxylic acids is 1. The third-order valence-electron chi connectivity index (χ3n) is 3.81. The van der Waals surface area contributed by atoms with E-state index in [1.54, 1.807) is 12.2 Å². The zero-order valence-corrected chi connectivity index (χ0v) is 12.6. The van der Waals surface area contributed by atoms with Crippen molar-refractivity contribution in [3.63, 3.8) is 0 Å². The van der Waals surface area contributed by atoms with Gasteiger partial charge in [0.05, 0.1) is 6.61 Å². The summed E-state index contributed by atoms with van der Waals surface area (Å²) in [7, 11) is 0. The first-order valence-electron chi connectivity index (χ1n) is 7.60. The lowest BCUT2D eigenvalue weighted by atomic mass is 9.94. The van der Waals surface area contributed by atoms with Crippen LogP contribution < -0.4 is 0 Å². The molecule has 1 heterocycles. The Hall–Kier alpha value is -1.61. The van der Waals surface area contributed by atoms with Crippen LogP contribution >= 0.6 is 0 Å². The molecule has 2 rings (SSSR count). The Kier molecular flexibility index (Phi) is 6.20. The van der Waals surface area contributed by atoms with Gasteiger partial charge in [-0.1, -0.05) is 30.6 Å². The standard InChI is InChI=1S/C17H22O5/c1-2-3-4-6-9-14-15(12-20-13-16(18)19)22-17(21-14)10-7-5-8-11-17/h1,3-4,6,9,14-15H,5,7-8,10-13H2,(H,18,19)/t14-,15?/m1/s1.